The third kappa shape index (κ3) is 3.14. The SMILES string of the molecule is CCC1CCC(N(C)c2ccc(F)cc2C=O)CC1. The Hall–Kier alpha value is -1.38. The van der Waals surface area contributed by atoms with E-state index in [1.165, 1.54) is 31.4 Å². The molecule has 0 spiro atoms. The summed E-state index contributed by atoms with van der Waals surface area (Å²) in [7, 11) is 2.01. The summed E-state index contributed by atoms with van der Waals surface area (Å²) in [5.74, 6) is 0.498. The van der Waals surface area contributed by atoms with Crippen molar-refractivity contribution in [1.82, 2.24) is 0 Å². The van der Waals surface area contributed by atoms with Gasteiger partial charge in [0.1, 0.15) is 5.82 Å². The van der Waals surface area contributed by atoms with Crippen LogP contribution < -0.4 is 4.90 Å². The van der Waals surface area contributed by atoms with Crippen LogP contribution in [0.4, 0.5) is 10.1 Å². The van der Waals surface area contributed by atoms with Gasteiger partial charge in [0.2, 0.25) is 0 Å². The van der Waals surface area contributed by atoms with Gasteiger partial charge < -0.3 is 4.90 Å². The van der Waals surface area contributed by atoms with Crippen molar-refractivity contribution < 1.29 is 9.18 Å². The Labute approximate surface area is 114 Å². The standard InChI is InChI=1S/C16H22FNO/c1-3-12-4-7-15(8-5-12)18(2)16-9-6-14(17)10-13(16)11-19/h6,9-12,15H,3-5,7-8H2,1-2H3. The number of carbonyl (C=O) groups excluding carboxylic acids is 1. The summed E-state index contributed by atoms with van der Waals surface area (Å²) in [5.41, 5.74) is 1.29. The average molecular weight is 263 g/mol. The van der Waals surface area contributed by atoms with Gasteiger partial charge in [-0.3, -0.25) is 4.79 Å². The van der Waals surface area contributed by atoms with Crippen molar-refractivity contribution in [2.24, 2.45) is 5.92 Å². The van der Waals surface area contributed by atoms with E-state index in [0.717, 1.165) is 30.7 Å². The monoisotopic (exact) mass is 263 g/mol. The van der Waals surface area contributed by atoms with E-state index in [0.29, 0.717) is 11.6 Å². The van der Waals surface area contributed by atoms with Crippen molar-refractivity contribution in [2.75, 3.05) is 11.9 Å². The normalized spacial score (nSPS) is 23.1. The molecule has 0 N–H and O–H groups in total. The summed E-state index contributed by atoms with van der Waals surface area (Å²) in [6.07, 6.45) is 6.82. The lowest BCUT2D eigenvalue weighted by atomic mass is 9.84. The number of nitrogens with zero attached hydrogens (tertiary/aromatic N) is 1. The van der Waals surface area contributed by atoms with E-state index in [1.807, 2.05) is 7.05 Å². The molecule has 2 nitrogen and oxygen atoms in total. The van der Waals surface area contributed by atoms with Crippen molar-refractivity contribution >= 4 is 12.0 Å². The molecule has 3 heteroatoms. The Morgan fingerprint density at radius 1 is 1.32 bits per heavy atom. The first-order chi connectivity index (χ1) is 9.15. The molecule has 1 aromatic carbocycles. The number of aldehydes is 1. The maximum Gasteiger partial charge on any atom is 0.152 e. The zero-order valence-corrected chi connectivity index (χ0v) is 11.7. The predicted molar refractivity (Wildman–Crippen MR) is 76.2 cm³/mol. The summed E-state index contributed by atoms with van der Waals surface area (Å²) < 4.78 is 13.2. The van der Waals surface area contributed by atoms with E-state index < -0.39 is 0 Å². The summed E-state index contributed by atoms with van der Waals surface area (Å²) in [6.45, 7) is 2.25. The van der Waals surface area contributed by atoms with Crippen LogP contribution in [0.15, 0.2) is 18.2 Å². The van der Waals surface area contributed by atoms with Crippen LogP contribution in [0, 0.1) is 11.7 Å². The number of benzene rings is 1. The van der Waals surface area contributed by atoms with Gasteiger partial charge >= 0.3 is 0 Å². The molecule has 19 heavy (non-hydrogen) atoms. The van der Waals surface area contributed by atoms with Crippen molar-refractivity contribution in [1.29, 1.82) is 0 Å². The molecule has 1 aromatic rings. The molecule has 0 aliphatic heterocycles. The van der Waals surface area contributed by atoms with Gasteiger partial charge in [-0.25, -0.2) is 4.39 Å². The smallest absolute Gasteiger partial charge is 0.152 e. The van der Waals surface area contributed by atoms with Crippen LogP contribution in [0.1, 0.15) is 49.4 Å². The largest absolute Gasteiger partial charge is 0.371 e. The fourth-order valence-corrected chi connectivity index (χ4v) is 3.08. The molecule has 0 heterocycles. The van der Waals surface area contributed by atoms with E-state index in [1.54, 1.807) is 6.07 Å². The van der Waals surface area contributed by atoms with E-state index in [4.69, 9.17) is 0 Å². The Bertz CT molecular complexity index is 438. The molecule has 104 valence electrons. The zero-order valence-electron chi connectivity index (χ0n) is 11.7. The van der Waals surface area contributed by atoms with Gasteiger partial charge in [0.05, 0.1) is 0 Å². The molecule has 0 aromatic heterocycles. The quantitative estimate of drug-likeness (QED) is 0.764. The number of halogens is 1. The summed E-state index contributed by atoms with van der Waals surface area (Å²) in [6, 6.07) is 4.92. The van der Waals surface area contributed by atoms with Gasteiger partial charge in [-0.2, -0.15) is 0 Å². The zero-order chi connectivity index (χ0) is 13.8. The van der Waals surface area contributed by atoms with Gasteiger partial charge in [0, 0.05) is 24.3 Å². The van der Waals surface area contributed by atoms with Crippen LogP contribution in [0.5, 0.6) is 0 Å². The van der Waals surface area contributed by atoms with E-state index in [9.17, 15) is 9.18 Å². The van der Waals surface area contributed by atoms with Crippen LogP contribution >= 0.6 is 0 Å². The molecule has 0 radical (unpaired) electrons. The van der Waals surface area contributed by atoms with Crippen molar-refractivity contribution in [2.45, 2.75) is 45.1 Å². The lowest BCUT2D eigenvalue weighted by Gasteiger charge is -2.36. The van der Waals surface area contributed by atoms with Gasteiger partial charge in [-0.05, 0) is 49.8 Å². The molecular formula is C16H22FNO. The molecule has 1 fully saturated rings. The van der Waals surface area contributed by atoms with E-state index >= 15 is 0 Å². The summed E-state index contributed by atoms with van der Waals surface area (Å²) in [4.78, 5) is 13.2. The van der Waals surface area contributed by atoms with Gasteiger partial charge in [0.15, 0.2) is 6.29 Å². The molecule has 0 amide bonds. The first-order valence-corrected chi connectivity index (χ1v) is 7.13. The maximum absolute atomic E-state index is 13.2. The summed E-state index contributed by atoms with van der Waals surface area (Å²) in [5, 5.41) is 0. The highest BCUT2D eigenvalue weighted by Crippen LogP contribution is 2.32. The summed E-state index contributed by atoms with van der Waals surface area (Å²) >= 11 is 0. The topological polar surface area (TPSA) is 20.3 Å². The number of anilines is 1. The molecule has 1 aliphatic rings. The lowest BCUT2D eigenvalue weighted by Crippen LogP contribution is -2.35. The highest BCUT2D eigenvalue weighted by Gasteiger charge is 2.24. The Morgan fingerprint density at radius 3 is 2.58 bits per heavy atom. The number of carbonyl (C=O) groups is 1. The van der Waals surface area contributed by atoms with Gasteiger partial charge in [0.25, 0.3) is 0 Å². The highest BCUT2D eigenvalue weighted by atomic mass is 19.1. The molecular weight excluding hydrogens is 241 g/mol. The molecule has 1 saturated carbocycles. The lowest BCUT2D eigenvalue weighted by molar-refractivity contribution is 0.112. The number of hydrogen-bond acceptors (Lipinski definition) is 2. The second-order valence-electron chi connectivity index (χ2n) is 5.51. The van der Waals surface area contributed by atoms with Crippen LogP contribution in [-0.4, -0.2) is 19.4 Å². The van der Waals surface area contributed by atoms with Crippen molar-refractivity contribution in [3.63, 3.8) is 0 Å². The number of hydrogen-bond donors (Lipinski definition) is 0. The molecule has 0 unspecified atom stereocenters. The fraction of sp³-hybridized carbons (Fsp3) is 0.562. The first kappa shape index (κ1) is 14.0. The average Bonchev–Trinajstić information content (AvgIpc) is 2.46. The second kappa shape index (κ2) is 6.18. The van der Waals surface area contributed by atoms with Crippen LogP contribution in [-0.2, 0) is 0 Å². The van der Waals surface area contributed by atoms with E-state index in [2.05, 4.69) is 11.8 Å². The van der Waals surface area contributed by atoms with E-state index in [-0.39, 0.29) is 5.82 Å². The molecule has 2 rings (SSSR count). The minimum absolute atomic E-state index is 0.353. The van der Waals surface area contributed by atoms with Crippen LogP contribution in [0.25, 0.3) is 0 Å². The minimum Gasteiger partial charge on any atom is -0.371 e. The Morgan fingerprint density at radius 2 is 2.00 bits per heavy atom. The minimum atomic E-state index is -0.353. The third-order valence-corrected chi connectivity index (χ3v) is 4.44. The Kier molecular flexibility index (Phi) is 4.56. The van der Waals surface area contributed by atoms with Crippen LogP contribution in [0.3, 0.4) is 0 Å². The third-order valence-electron chi connectivity index (χ3n) is 4.44. The molecule has 0 saturated heterocycles. The fourth-order valence-electron chi connectivity index (χ4n) is 3.08. The second-order valence-corrected chi connectivity index (χ2v) is 5.51. The molecule has 0 bridgehead atoms. The molecule has 0 atom stereocenters. The first-order valence-electron chi connectivity index (χ1n) is 7.13. The number of rotatable bonds is 4. The van der Waals surface area contributed by atoms with Crippen molar-refractivity contribution in [3.8, 4) is 0 Å². The Balaban J connectivity index is 2.11. The van der Waals surface area contributed by atoms with Crippen LogP contribution in [0.2, 0.25) is 0 Å². The van der Waals surface area contributed by atoms with Gasteiger partial charge in [-0.15, -0.1) is 0 Å². The molecule has 1 aliphatic carbocycles. The predicted octanol–water partition coefficient (Wildman–Crippen LogP) is 4.04. The van der Waals surface area contributed by atoms with Crippen molar-refractivity contribution in [3.05, 3.63) is 29.6 Å². The van der Waals surface area contributed by atoms with Gasteiger partial charge in [-0.1, -0.05) is 13.3 Å². The highest BCUT2D eigenvalue weighted by molar-refractivity contribution is 5.84. The maximum atomic E-state index is 13.2.